The van der Waals surface area contributed by atoms with Crippen LogP contribution < -0.4 is 0 Å². The Bertz CT molecular complexity index is 188. The average molecular weight is 170 g/mol. The Kier molecular flexibility index (Phi) is 3.03. The molecule has 3 atom stereocenters. The highest BCUT2D eigenvalue weighted by Crippen LogP contribution is 2.20. The molecule has 0 spiro atoms. The van der Waals surface area contributed by atoms with Crippen LogP contribution in [0.2, 0.25) is 0 Å². The van der Waals surface area contributed by atoms with Gasteiger partial charge >= 0.3 is 0 Å². The highest BCUT2D eigenvalue weighted by atomic mass is 16.5. The lowest BCUT2D eigenvalue weighted by atomic mass is 9.98. The van der Waals surface area contributed by atoms with Crippen molar-refractivity contribution in [3.8, 4) is 0 Å². The zero-order chi connectivity index (χ0) is 9.14. The van der Waals surface area contributed by atoms with E-state index in [2.05, 4.69) is 13.2 Å². The van der Waals surface area contributed by atoms with E-state index in [1.165, 1.54) is 0 Å². The Balaban J connectivity index is 2.55. The van der Waals surface area contributed by atoms with Crippen molar-refractivity contribution < 1.29 is 14.9 Å². The topological polar surface area (TPSA) is 49.7 Å². The summed E-state index contributed by atoms with van der Waals surface area (Å²) in [6, 6.07) is 0. The SMILES string of the molecule is C=CC(=C)C1OCC(O)CC1O. The van der Waals surface area contributed by atoms with E-state index in [0.29, 0.717) is 12.0 Å². The van der Waals surface area contributed by atoms with Crippen LogP contribution in [-0.2, 0) is 4.74 Å². The molecule has 1 rings (SSSR count). The normalized spacial score (nSPS) is 36.0. The van der Waals surface area contributed by atoms with Crippen molar-refractivity contribution in [1.29, 1.82) is 0 Å². The Labute approximate surface area is 72.0 Å². The van der Waals surface area contributed by atoms with Gasteiger partial charge in [0, 0.05) is 6.42 Å². The van der Waals surface area contributed by atoms with Gasteiger partial charge in [0.2, 0.25) is 0 Å². The molecular formula is C9H14O3. The summed E-state index contributed by atoms with van der Waals surface area (Å²) in [5.74, 6) is 0. The molecule has 1 aliphatic rings. The fourth-order valence-electron chi connectivity index (χ4n) is 1.27. The lowest BCUT2D eigenvalue weighted by molar-refractivity contribution is -0.106. The minimum atomic E-state index is -0.667. The zero-order valence-electron chi connectivity index (χ0n) is 6.94. The van der Waals surface area contributed by atoms with Gasteiger partial charge in [-0.25, -0.2) is 0 Å². The zero-order valence-corrected chi connectivity index (χ0v) is 6.94. The van der Waals surface area contributed by atoms with Gasteiger partial charge in [0.15, 0.2) is 0 Å². The predicted octanol–water partition coefficient (Wildman–Crippen LogP) is 0.239. The Hall–Kier alpha value is -0.640. The molecule has 0 aromatic heterocycles. The maximum absolute atomic E-state index is 9.45. The van der Waals surface area contributed by atoms with Crippen LogP contribution in [0.25, 0.3) is 0 Å². The van der Waals surface area contributed by atoms with E-state index in [9.17, 15) is 5.11 Å². The monoisotopic (exact) mass is 170 g/mol. The van der Waals surface area contributed by atoms with E-state index in [0.717, 1.165) is 0 Å². The van der Waals surface area contributed by atoms with Gasteiger partial charge in [-0.1, -0.05) is 19.2 Å². The van der Waals surface area contributed by atoms with Gasteiger partial charge in [0.05, 0.1) is 18.8 Å². The summed E-state index contributed by atoms with van der Waals surface area (Å²) in [4.78, 5) is 0. The summed E-state index contributed by atoms with van der Waals surface area (Å²) >= 11 is 0. The van der Waals surface area contributed by atoms with Crippen LogP contribution in [0, 0.1) is 0 Å². The van der Waals surface area contributed by atoms with Crippen LogP contribution in [0.5, 0.6) is 0 Å². The first-order chi connectivity index (χ1) is 5.65. The largest absolute Gasteiger partial charge is 0.391 e. The van der Waals surface area contributed by atoms with Crippen molar-refractivity contribution in [1.82, 2.24) is 0 Å². The standard InChI is InChI=1S/C9H14O3/c1-3-6(2)9-8(11)4-7(10)5-12-9/h3,7-11H,1-2,4-5H2. The second-order valence-corrected chi connectivity index (χ2v) is 2.99. The number of aliphatic hydroxyl groups is 2. The van der Waals surface area contributed by atoms with E-state index in [1.54, 1.807) is 6.08 Å². The summed E-state index contributed by atoms with van der Waals surface area (Å²) in [6.45, 7) is 7.48. The molecular weight excluding hydrogens is 156 g/mol. The molecule has 0 saturated carbocycles. The van der Waals surface area contributed by atoms with Crippen LogP contribution >= 0.6 is 0 Å². The molecule has 1 fully saturated rings. The molecule has 1 heterocycles. The molecule has 3 nitrogen and oxygen atoms in total. The van der Waals surface area contributed by atoms with Crippen LogP contribution in [0.15, 0.2) is 24.8 Å². The molecule has 68 valence electrons. The number of hydrogen-bond donors (Lipinski definition) is 2. The van der Waals surface area contributed by atoms with Crippen LogP contribution in [0.1, 0.15) is 6.42 Å². The van der Waals surface area contributed by atoms with Gasteiger partial charge in [-0.15, -0.1) is 0 Å². The van der Waals surface area contributed by atoms with Gasteiger partial charge in [-0.2, -0.15) is 0 Å². The summed E-state index contributed by atoms with van der Waals surface area (Å²) < 4.78 is 5.18. The molecule has 3 heteroatoms. The Morgan fingerprint density at radius 3 is 2.67 bits per heavy atom. The second kappa shape index (κ2) is 3.85. The molecule has 1 aliphatic heterocycles. The van der Waals surface area contributed by atoms with Crippen LogP contribution in [0.4, 0.5) is 0 Å². The number of rotatable bonds is 2. The van der Waals surface area contributed by atoms with Crippen molar-refractivity contribution in [3.05, 3.63) is 24.8 Å². The van der Waals surface area contributed by atoms with Crippen molar-refractivity contribution in [2.24, 2.45) is 0 Å². The fourth-order valence-corrected chi connectivity index (χ4v) is 1.27. The van der Waals surface area contributed by atoms with Crippen molar-refractivity contribution in [2.75, 3.05) is 6.61 Å². The summed E-state index contributed by atoms with van der Waals surface area (Å²) in [5, 5.41) is 18.6. The lowest BCUT2D eigenvalue weighted by Gasteiger charge is -2.31. The number of ether oxygens (including phenoxy) is 1. The molecule has 0 aromatic rings. The molecule has 0 aliphatic carbocycles. The third kappa shape index (κ3) is 1.94. The Morgan fingerprint density at radius 1 is 1.50 bits per heavy atom. The first-order valence-electron chi connectivity index (χ1n) is 3.94. The minimum Gasteiger partial charge on any atom is -0.391 e. The summed E-state index contributed by atoms with van der Waals surface area (Å²) in [6.07, 6.45) is 0.280. The van der Waals surface area contributed by atoms with E-state index >= 15 is 0 Å². The first-order valence-corrected chi connectivity index (χ1v) is 3.94. The maximum atomic E-state index is 9.45. The maximum Gasteiger partial charge on any atom is 0.108 e. The third-order valence-electron chi connectivity index (χ3n) is 1.96. The quantitative estimate of drug-likeness (QED) is 0.584. The molecule has 0 bridgehead atoms. The van der Waals surface area contributed by atoms with Gasteiger partial charge < -0.3 is 14.9 Å². The summed E-state index contributed by atoms with van der Waals surface area (Å²) in [7, 11) is 0. The van der Waals surface area contributed by atoms with Gasteiger partial charge in [0.25, 0.3) is 0 Å². The summed E-state index contributed by atoms with van der Waals surface area (Å²) in [5.41, 5.74) is 0.661. The molecule has 0 radical (unpaired) electrons. The van der Waals surface area contributed by atoms with Crippen molar-refractivity contribution in [3.63, 3.8) is 0 Å². The van der Waals surface area contributed by atoms with Crippen molar-refractivity contribution >= 4 is 0 Å². The highest BCUT2D eigenvalue weighted by Gasteiger charge is 2.29. The fraction of sp³-hybridized carbons (Fsp3) is 0.556. The smallest absolute Gasteiger partial charge is 0.108 e. The van der Waals surface area contributed by atoms with Crippen LogP contribution in [0.3, 0.4) is 0 Å². The van der Waals surface area contributed by atoms with Crippen molar-refractivity contribution in [2.45, 2.75) is 24.7 Å². The van der Waals surface area contributed by atoms with Gasteiger partial charge in [0.1, 0.15) is 6.10 Å². The van der Waals surface area contributed by atoms with E-state index in [1.807, 2.05) is 0 Å². The van der Waals surface area contributed by atoms with Gasteiger partial charge in [-0.3, -0.25) is 0 Å². The van der Waals surface area contributed by atoms with E-state index in [-0.39, 0.29) is 6.61 Å². The molecule has 0 amide bonds. The molecule has 12 heavy (non-hydrogen) atoms. The number of hydrogen-bond acceptors (Lipinski definition) is 3. The Morgan fingerprint density at radius 2 is 2.17 bits per heavy atom. The molecule has 2 N–H and O–H groups in total. The number of aliphatic hydroxyl groups excluding tert-OH is 2. The second-order valence-electron chi connectivity index (χ2n) is 2.99. The molecule has 1 saturated heterocycles. The third-order valence-corrected chi connectivity index (χ3v) is 1.96. The average Bonchev–Trinajstić information content (AvgIpc) is 2.03. The van der Waals surface area contributed by atoms with E-state index in [4.69, 9.17) is 9.84 Å². The minimum absolute atomic E-state index is 0.259. The molecule has 3 unspecified atom stereocenters. The lowest BCUT2D eigenvalue weighted by Crippen LogP contribution is -2.41. The van der Waals surface area contributed by atoms with Gasteiger partial charge in [-0.05, 0) is 5.57 Å². The first kappa shape index (κ1) is 9.45. The molecule has 0 aromatic carbocycles. The van der Waals surface area contributed by atoms with E-state index < -0.39 is 18.3 Å². The highest BCUT2D eigenvalue weighted by molar-refractivity contribution is 5.19. The predicted molar refractivity (Wildman–Crippen MR) is 45.7 cm³/mol. The van der Waals surface area contributed by atoms with Crippen LogP contribution in [-0.4, -0.2) is 35.1 Å².